The van der Waals surface area contributed by atoms with Gasteiger partial charge < -0.3 is 5.73 Å². The van der Waals surface area contributed by atoms with Crippen molar-refractivity contribution in [3.63, 3.8) is 0 Å². The van der Waals surface area contributed by atoms with Gasteiger partial charge in [-0.25, -0.2) is 0 Å². The molecule has 0 aliphatic heterocycles. The molecule has 0 aliphatic rings. The number of amides is 1. The van der Waals surface area contributed by atoms with E-state index in [1.54, 1.807) is 10.9 Å². The van der Waals surface area contributed by atoms with Crippen LogP contribution in [0.1, 0.15) is 18.4 Å². The van der Waals surface area contributed by atoms with E-state index in [4.69, 9.17) is 5.73 Å². The number of aryl methyl sites for hydroxylation is 1. The van der Waals surface area contributed by atoms with E-state index in [2.05, 4.69) is 28.9 Å². The van der Waals surface area contributed by atoms with Crippen LogP contribution in [0.2, 0.25) is 0 Å². The number of aromatic nitrogens is 2. The van der Waals surface area contributed by atoms with E-state index in [0.29, 0.717) is 19.4 Å². The number of primary amides is 1. The Morgan fingerprint density at radius 1 is 1.71 bits per heavy atom. The first-order chi connectivity index (χ1) is 6.72. The van der Waals surface area contributed by atoms with E-state index in [-0.39, 0.29) is 5.91 Å². The van der Waals surface area contributed by atoms with Crippen LogP contribution in [0.15, 0.2) is 12.4 Å². The number of carbonyl (C=O) groups is 1. The van der Waals surface area contributed by atoms with E-state index < -0.39 is 0 Å². The molecule has 0 fully saturated rings. The fraction of sp³-hybridized carbons (Fsp3) is 0.333. The molecule has 1 heterocycles. The van der Waals surface area contributed by atoms with Gasteiger partial charge in [-0.15, -0.1) is 0 Å². The van der Waals surface area contributed by atoms with E-state index in [1.807, 2.05) is 6.20 Å². The van der Waals surface area contributed by atoms with Crippen LogP contribution in [0.25, 0.3) is 0 Å². The van der Waals surface area contributed by atoms with Crippen molar-refractivity contribution in [3.8, 4) is 11.2 Å². The van der Waals surface area contributed by atoms with Crippen LogP contribution in [0.3, 0.4) is 0 Å². The van der Waals surface area contributed by atoms with Crippen LogP contribution < -0.4 is 5.73 Å². The van der Waals surface area contributed by atoms with Crippen molar-refractivity contribution in [1.29, 1.82) is 0 Å². The fourth-order valence-corrected chi connectivity index (χ4v) is 1.16. The Morgan fingerprint density at radius 2 is 2.50 bits per heavy atom. The number of carbonyl (C=O) groups excluding carboxylic acids is 1. The van der Waals surface area contributed by atoms with Gasteiger partial charge in [0.2, 0.25) is 5.91 Å². The summed E-state index contributed by atoms with van der Waals surface area (Å²) in [7, 11) is 0. The smallest absolute Gasteiger partial charge is 0.217 e. The third-order valence-electron chi connectivity index (χ3n) is 1.64. The second kappa shape index (κ2) is 5.35. The van der Waals surface area contributed by atoms with Crippen molar-refractivity contribution in [2.24, 2.45) is 5.73 Å². The van der Waals surface area contributed by atoms with E-state index in [0.717, 1.165) is 5.56 Å². The highest BCUT2D eigenvalue weighted by Gasteiger charge is 1.97. The maximum absolute atomic E-state index is 10.5. The SMILES string of the molecule is NC(=O)CCCn1cc(C#CS)cn1. The summed E-state index contributed by atoms with van der Waals surface area (Å²) in [6, 6.07) is 0. The predicted molar refractivity (Wildman–Crippen MR) is 56.5 cm³/mol. The Labute approximate surface area is 87.9 Å². The normalized spacial score (nSPS) is 9.21. The summed E-state index contributed by atoms with van der Waals surface area (Å²) in [5.41, 5.74) is 5.83. The molecule has 1 rings (SSSR count). The lowest BCUT2D eigenvalue weighted by Gasteiger charge is -1.97. The molecular weight excluding hydrogens is 198 g/mol. The summed E-state index contributed by atoms with van der Waals surface area (Å²) >= 11 is 3.78. The number of hydrogen-bond acceptors (Lipinski definition) is 3. The standard InChI is InChI=1S/C9H11N3OS/c10-9(13)2-1-4-12-7-8(3-5-14)6-11-12/h6-7,14H,1-2,4H2,(H2,10,13). The molecule has 74 valence electrons. The number of hydrogen-bond donors (Lipinski definition) is 2. The highest BCUT2D eigenvalue weighted by Crippen LogP contribution is 1.98. The minimum atomic E-state index is -0.285. The first kappa shape index (κ1) is 10.7. The van der Waals surface area contributed by atoms with E-state index >= 15 is 0 Å². The highest BCUT2D eigenvalue weighted by molar-refractivity contribution is 7.85. The quantitative estimate of drug-likeness (QED) is 0.556. The van der Waals surface area contributed by atoms with E-state index in [9.17, 15) is 4.79 Å². The molecule has 1 amide bonds. The minimum Gasteiger partial charge on any atom is -0.370 e. The van der Waals surface area contributed by atoms with Crippen molar-refractivity contribution in [2.45, 2.75) is 19.4 Å². The van der Waals surface area contributed by atoms with Gasteiger partial charge in [-0.1, -0.05) is 18.5 Å². The number of rotatable bonds is 4. The summed E-state index contributed by atoms with van der Waals surface area (Å²) in [6.07, 6.45) is 4.55. The minimum absolute atomic E-state index is 0.285. The molecule has 0 saturated carbocycles. The third-order valence-corrected chi connectivity index (χ3v) is 1.76. The molecule has 0 radical (unpaired) electrons. The molecule has 4 nitrogen and oxygen atoms in total. The van der Waals surface area contributed by atoms with Gasteiger partial charge >= 0.3 is 0 Å². The summed E-state index contributed by atoms with van der Waals surface area (Å²) < 4.78 is 1.73. The highest BCUT2D eigenvalue weighted by atomic mass is 32.1. The molecule has 2 N–H and O–H groups in total. The average molecular weight is 209 g/mol. The largest absolute Gasteiger partial charge is 0.370 e. The summed E-state index contributed by atoms with van der Waals surface area (Å²) in [5.74, 6) is 2.48. The number of nitrogens with zero attached hydrogens (tertiary/aromatic N) is 2. The van der Waals surface area contributed by atoms with Gasteiger partial charge in [-0.2, -0.15) is 5.10 Å². The molecule has 0 bridgehead atoms. The second-order valence-electron chi connectivity index (χ2n) is 2.80. The molecule has 5 heteroatoms. The zero-order chi connectivity index (χ0) is 10.4. The van der Waals surface area contributed by atoms with Crippen molar-refractivity contribution in [2.75, 3.05) is 0 Å². The first-order valence-electron chi connectivity index (χ1n) is 4.18. The Bertz CT molecular complexity index is 375. The maximum atomic E-state index is 10.5. The van der Waals surface area contributed by atoms with Crippen LogP contribution in [0, 0.1) is 11.2 Å². The molecule has 0 aliphatic carbocycles. The summed E-state index contributed by atoms with van der Waals surface area (Å²) in [4.78, 5) is 10.5. The molecule has 0 aromatic carbocycles. The van der Waals surface area contributed by atoms with Crippen molar-refractivity contribution in [3.05, 3.63) is 18.0 Å². The summed E-state index contributed by atoms with van der Waals surface area (Å²) in [5, 5.41) is 6.55. The topological polar surface area (TPSA) is 60.9 Å². The predicted octanol–water partition coefficient (Wildman–Crippen LogP) is 0.387. The number of nitrogens with two attached hydrogens (primary N) is 1. The van der Waals surface area contributed by atoms with Crippen molar-refractivity contribution in [1.82, 2.24) is 9.78 Å². The Kier molecular flexibility index (Phi) is 4.08. The maximum Gasteiger partial charge on any atom is 0.217 e. The van der Waals surface area contributed by atoms with Gasteiger partial charge in [0.15, 0.2) is 0 Å². The lowest BCUT2D eigenvalue weighted by atomic mass is 10.3. The zero-order valence-corrected chi connectivity index (χ0v) is 8.50. The zero-order valence-electron chi connectivity index (χ0n) is 7.60. The number of thiol groups is 1. The monoisotopic (exact) mass is 209 g/mol. The van der Waals surface area contributed by atoms with Gasteiger partial charge in [-0.05, 0) is 11.7 Å². The Hall–Kier alpha value is -1.41. The van der Waals surface area contributed by atoms with Crippen LogP contribution >= 0.6 is 12.6 Å². The molecule has 0 unspecified atom stereocenters. The van der Waals surface area contributed by atoms with Gasteiger partial charge in [0.25, 0.3) is 0 Å². The van der Waals surface area contributed by atoms with Crippen molar-refractivity contribution >= 4 is 18.5 Å². The Morgan fingerprint density at radius 3 is 3.14 bits per heavy atom. The molecule has 1 aromatic rings. The van der Waals surface area contributed by atoms with Gasteiger partial charge in [0, 0.05) is 19.2 Å². The summed E-state index contributed by atoms with van der Waals surface area (Å²) in [6.45, 7) is 0.678. The lowest BCUT2D eigenvalue weighted by molar-refractivity contribution is -0.118. The lowest BCUT2D eigenvalue weighted by Crippen LogP contribution is -2.11. The molecular formula is C9H11N3OS. The average Bonchev–Trinajstić information content (AvgIpc) is 2.53. The van der Waals surface area contributed by atoms with Gasteiger partial charge in [0.05, 0.1) is 11.8 Å². The molecule has 1 aromatic heterocycles. The van der Waals surface area contributed by atoms with Crippen molar-refractivity contribution < 1.29 is 4.79 Å². The van der Waals surface area contributed by atoms with Crippen LogP contribution in [-0.2, 0) is 11.3 Å². The van der Waals surface area contributed by atoms with E-state index in [1.165, 1.54) is 0 Å². The van der Waals surface area contributed by atoms with Gasteiger partial charge in [0.1, 0.15) is 0 Å². The van der Waals surface area contributed by atoms with Crippen LogP contribution in [0.4, 0.5) is 0 Å². The molecule has 0 spiro atoms. The molecule has 14 heavy (non-hydrogen) atoms. The Balaban J connectivity index is 2.42. The van der Waals surface area contributed by atoms with Gasteiger partial charge in [-0.3, -0.25) is 9.48 Å². The van der Waals surface area contributed by atoms with Crippen LogP contribution in [0.5, 0.6) is 0 Å². The van der Waals surface area contributed by atoms with Crippen LogP contribution in [-0.4, -0.2) is 15.7 Å². The fourth-order valence-electron chi connectivity index (χ4n) is 1.03. The third kappa shape index (κ3) is 3.54. The first-order valence-corrected chi connectivity index (χ1v) is 4.63. The second-order valence-corrected chi connectivity index (χ2v) is 3.02. The molecule has 0 atom stereocenters. The molecule has 0 saturated heterocycles.